The van der Waals surface area contributed by atoms with Gasteiger partial charge in [0.1, 0.15) is 6.54 Å². The number of aromatic nitrogens is 1. The number of amides is 1. The maximum absolute atomic E-state index is 11.8. The summed E-state index contributed by atoms with van der Waals surface area (Å²) in [6.45, 7) is 2.99. The Morgan fingerprint density at radius 1 is 1.05 bits per heavy atom. The van der Waals surface area contributed by atoms with Crippen molar-refractivity contribution in [3.05, 3.63) is 60.4 Å². The van der Waals surface area contributed by atoms with Crippen molar-refractivity contribution in [1.82, 2.24) is 0 Å². The smallest absolute Gasteiger partial charge is 0.224 e. The lowest BCUT2D eigenvalue weighted by Gasteiger charge is -2.05. The Morgan fingerprint density at radius 3 is 2.45 bits per heavy atom. The molecule has 1 heterocycles. The Hall–Kier alpha value is -2.16. The summed E-state index contributed by atoms with van der Waals surface area (Å²) in [7, 11) is 0. The van der Waals surface area contributed by atoms with Gasteiger partial charge in [-0.2, -0.15) is 0 Å². The first-order valence-corrected chi connectivity index (χ1v) is 7.05. The van der Waals surface area contributed by atoms with Crippen molar-refractivity contribution in [1.29, 1.82) is 0 Å². The van der Waals surface area contributed by atoms with E-state index in [0.717, 1.165) is 25.1 Å². The van der Waals surface area contributed by atoms with Crippen molar-refractivity contribution in [2.24, 2.45) is 0 Å². The molecule has 2 rings (SSSR count). The highest BCUT2D eigenvalue weighted by molar-refractivity contribution is 5.90. The van der Waals surface area contributed by atoms with Gasteiger partial charge in [-0.05, 0) is 25.5 Å². The van der Waals surface area contributed by atoms with Crippen molar-refractivity contribution < 1.29 is 9.36 Å². The molecular formula is C17H21N2O+. The minimum Gasteiger partial charge on any atom is -0.326 e. The number of aryl methyl sites for hydroxylation is 2. The normalized spacial score (nSPS) is 10.2. The van der Waals surface area contributed by atoms with Gasteiger partial charge >= 0.3 is 0 Å². The van der Waals surface area contributed by atoms with Crippen molar-refractivity contribution >= 4 is 11.6 Å². The van der Waals surface area contributed by atoms with Gasteiger partial charge in [-0.3, -0.25) is 4.79 Å². The zero-order chi connectivity index (χ0) is 14.2. The third-order valence-corrected chi connectivity index (χ3v) is 3.18. The van der Waals surface area contributed by atoms with Crippen LogP contribution in [0.2, 0.25) is 0 Å². The first kappa shape index (κ1) is 14.3. The fourth-order valence-corrected chi connectivity index (χ4v) is 2.02. The van der Waals surface area contributed by atoms with Crippen LogP contribution in [-0.2, 0) is 11.3 Å². The van der Waals surface area contributed by atoms with E-state index in [1.54, 1.807) is 0 Å². The molecule has 0 saturated carbocycles. The van der Waals surface area contributed by atoms with E-state index >= 15 is 0 Å². The summed E-state index contributed by atoms with van der Waals surface area (Å²) in [4.78, 5) is 11.8. The van der Waals surface area contributed by atoms with Crippen LogP contribution in [0.25, 0.3) is 0 Å². The number of carbonyl (C=O) groups is 1. The lowest BCUT2D eigenvalue weighted by Crippen LogP contribution is -2.32. The van der Waals surface area contributed by atoms with E-state index in [2.05, 4.69) is 9.88 Å². The molecule has 1 aromatic carbocycles. The zero-order valence-corrected chi connectivity index (χ0v) is 11.9. The topological polar surface area (TPSA) is 33.0 Å². The molecule has 0 aliphatic rings. The van der Waals surface area contributed by atoms with Gasteiger partial charge < -0.3 is 5.32 Å². The van der Waals surface area contributed by atoms with Crippen LogP contribution < -0.4 is 9.88 Å². The molecule has 2 aromatic rings. The summed E-state index contributed by atoms with van der Waals surface area (Å²) in [5, 5.41) is 2.92. The Morgan fingerprint density at radius 2 is 1.75 bits per heavy atom. The molecular weight excluding hydrogens is 248 g/mol. The van der Waals surface area contributed by atoms with Gasteiger partial charge in [0, 0.05) is 30.7 Å². The van der Waals surface area contributed by atoms with Gasteiger partial charge in [-0.25, -0.2) is 4.57 Å². The van der Waals surface area contributed by atoms with Crippen molar-refractivity contribution in [3.8, 4) is 0 Å². The molecule has 0 radical (unpaired) electrons. The number of rotatable bonds is 6. The largest absolute Gasteiger partial charge is 0.326 e. The third kappa shape index (κ3) is 4.84. The minimum absolute atomic E-state index is 0.0897. The van der Waals surface area contributed by atoms with Gasteiger partial charge in [-0.15, -0.1) is 0 Å². The van der Waals surface area contributed by atoms with Gasteiger partial charge in [0.05, 0.1) is 0 Å². The summed E-state index contributed by atoms with van der Waals surface area (Å²) in [5.41, 5.74) is 2.07. The molecule has 0 saturated heterocycles. The third-order valence-electron chi connectivity index (χ3n) is 3.18. The van der Waals surface area contributed by atoms with Crippen molar-refractivity contribution in [2.75, 3.05) is 5.32 Å². The average molecular weight is 269 g/mol. The minimum atomic E-state index is 0.0897. The van der Waals surface area contributed by atoms with Crippen molar-refractivity contribution in [3.63, 3.8) is 0 Å². The zero-order valence-electron chi connectivity index (χ0n) is 11.9. The quantitative estimate of drug-likeness (QED) is 0.634. The second-order valence-electron chi connectivity index (χ2n) is 4.98. The van der Waals surface area contributed by atoms with Gasteiger partial charge in [0.25, 0.3) is 0 Å². The van der Waals surface area contributed by atoms with Crippen molar-refractivity contribution in [2.45, 2.75) is 32.7 Å². The molecule has 1 N–H and O–H groups in total. The molecule has 0 fully saturated rings. The average Bonchev–Trinajstić information content (AvgIpc) is 2.47. The number of carbonyl (C=O) groups excluding carboxylic acids is 1. The van der Waals surface area contributed by atoms with E-state index in [4.69, 9.17) is 0 Å². The van der Waals surface area contributed by atoms with Crippen LogP contribution in [0.5, 0.6) is 0 Å². The molecule has 1 amide bonds. The van der Waals surface area contributed by atoms with Crippen LogP contribution in [-0.4, -0.2) is 5.91 Å². The van der Waals surface area contributed by atoms with E-state index < -0.39 is 0 Å². The highest BCUT2D eigenvalue weighted by atomic mass is 16.1. The highest BCUT2D eigenvalue weighted by Gasteiger charge is 2.04. The monoisotopic (exact) mass is 269 g/mol. The molecule has 3 nitrogen and oxygen atoms in total. The molecule has 1 aromatic heterocycles. The number of nitrogens with one attached hydrogen (secondary N) is 1. The van der Waals surface area contributed by atoms with Crippen LogP contribution in [0, 0.1) is 6.92 Å². The number of unbranched alkanes of at least 4 members (excludes halogenated alkanes) is 1. The van der Waals surface area contributed by atoms with Crippen LogP contribution in [0.4, 0.5) is 5.69 Å². The molecule has 0 bridgehead atoms. The van der Waals surface area contributed by atoms with Gasteiger partial charge in [0.15, 0.2) is 12.4 Å². The summed E-state index contributed by atoms with van der Waals surface area (Å²) in [6, 6.07) is 13.9. The van der Waals surface area contributed by atoms with E-state index in [9.17, 15) is 4.79 Å². The number of hydrogen-bond acceptors (Lipinski definition) is 1. The second-order valence-corrected chi connectivity index (χ2v) is 4.98. The number of nitrogens with zero attached hydrogens (tertiary/aromatic N) is 1. The summed E-state index contributed by atoms with van der Waals surface area (Å²) in [5.74, 6) is 0.0897. The van der Waals surface area contributed by atoms with E-state index in [1.165, 1.54) is 5.56 Å². The molecule has 104 valence electrons. The maximum Gasteiger partial charge on any atom is 0.224 e. The van der Waals surface area contributed by atoms with E-state index in [-0.39, 0.29) is 5.91 Å². The number of anilines is 1. The molecule has 3 heteroatoms. The summed E-state index contributed by atoms with van der Waals surface area (Å²) < 4.78 is 2.14. The lowest BCUT2D eigenvalue weighted by molar-refractivity contribution is -0.697. The summed E-state index contributed by atoms with van der Waals surface area (Å²) in [6.07, 6.45) is 6.58. The first-order chi connectivity index (χ1) is 9.74. The van der Waals surface area contributed by atoms with Crippen LogP contribution in [0.15, 0.2) is 54.9 Å². The predicted octanol–water partition coefficient (Wildman–Crippen LogP) is 3.09. The van der Waals surface area contributed by atoms with Gasteiger partial charge in [0.2, 0.25) is 5.91 Å². The van der Waals surface area contributed by atoms with E-state index in [1.807, 2.05) is 61.8 Å². The molecule has 20 heavy (non-hydrogen) atoms. The SMILES string of the molecule is Cc1ccc(NC(=O)CCCC[n+]2ccccc2)cc1. The lowest BCUT2D eigenvalue weighted by atomic mass is 10.2. The maximum atomic E-state index is 11.8. The van der Waals surface area contributed by atoms with Crippen LogP contribution in [0.3, 0.4) is 0 Å². The van der Waals surface area contributed by atoms with E-state index in [0.29, 0.717) is 6.42 Å². The second kappa shape index (κ2) is 7.43. The molecule has 0 aliphatic carbocycles. The Bertz CT molecular complexity index is 535. The number of hydrogen-bond donors (Lipinski definition) is 1. The molecule has 0 aliphatic heterocycles. The highest BCUT2D eigenvalue weighted by Crippen LogP contribution is 2.09. The fourth-order valence-electron chi connectivity index (χ4n) is 2.02. The molecule has 0 atom stereocenters. The van der Waals surface area contributed by atoms with Crippen LogP contribution in [0.1, 0.15) is 24.8 Å². The number of pyridine rings is 1. The Balaban J connectivity index is 1.66. The summed E-state index contributed by atoms with van der Waals surface area (Å²) >= 11 is 0. The molecule has 0 unspecified atom stereocenters. The number of benzene rings is 1. The fraction of sp³-hybridized carbons (Fsp3) is 0.294. The Kier molecular flexibility index (Phi) is 5.30. The first-order valence-electron chi connectivity index (χ1n) is 7.05. The Labute approximate surface area is 120 Å². The van der Waals surface area contributed by atoms with Crippen LogP contribution >= 0.6 is 0 Å². The molecule has 0 spiro atoms. The standard InChI is InChI=1S/C17H20N2O/c1-15-8-10-16(11-9-15)18-17(20)7-3-6-14-19-12-4-2-5-13-19/h2,4-5,8-13H,3,6-7,14H2,1H3/p+1. The predicted molar refractivity (Wildman–Crippen MR) is 80.3 cm³/mol. The van der Waals surface area contributed by atoms with Gasteiger partial charge in [-0.1, -0.05) is 23.8 Å².